The lowest BCUT2D eigenvalue weighted by Crippen LogP contribution is -2.41. The molecule has 1 unspecified atom stereocenters. The number of hydrogen-bond donors (Lipinski definition) is 1. The van der Waals surface area contributed by atoms with Crippen LogP contribution in [0.3, 0.4) is 0 Å². The summed E-state index contributed by atoms with van der Waals surface area (Å²) in [7, 11) is 0. The smallest absolute Gasteiger partial charge is 0.131 e. The first kappa shape index (κ1) is 10.7. The van der Waals surface area contributed by atoms with Gasteiger partial charge >= 0.3 is 0 Å². The van der Waals surface area contributed by atoms with E-state index < -0.39 is 0 Å². The predicted molar refractivity (Wildman–Crippen MR) is 53.6 cm³/mol. The number of ketones is 1. The zero-order valence-electron chi connectivity index (χ0n) is 8.46. The SMILES string of the molecule is CC(=O)CC(N)CN1CCCCC1. The lowest BCUT2D eigenvalue weighted by atomic mass is 10.1. The number of piperidine rings is 1. The Morgan fingerprint density at radius 1 is 1.38 bits per heavy atom. The molecule has 76 valence electrons. The minimum absolute atomic E-state index is 0.0376. The molecule has 1 aliphatic rings. The summed E-state index contributed by atoms with van der Waals surface area (Å²) in [4.78, 5) is 13.2. The molecule has 0 amide bonds. The molecule has 2 N–H and O–H groups in total. The molecular formula is C10H20N2O. The van der Waals surface area contributed by atoms with Crippen LogP contribution in [0.4, 0.5) is 0 Å². The van der Waals surface area contributed by atoms with Crippen molar-refractivity contribution in [2.24, 2.45) is 5.73 Å². The van der Waals surface area contributed by atoms with E-state index in [2.05, 4.69) is 4.90 Å². The van der Waals surface area contributed by atoms with Crippen LogP contribution < -0.4 is 5.73 Å². The van der Waals surface area contributed by atoms with Crippen LogP contribution in [0.2, 0.25) is 0 Å². The molecule has 0 spiro atoms. The van der Waals surface area contributed by atoms with Gasteiger partial charge in [-0.3, -0.25) is 4.79 Å². The second-order valence-electron chi connectivity index (χ2n) is 4.03. The average molecular weight is 184 g/mol. The summed E-state index contributed by atoms with van der Waals surface area (Å²) in [5.74, 6) is 0.199. The molecule has 0 radical (unpaired) electrons. The zero-order valence-corrected chi connectivity index (χ0v) is 8.46. The van der Waals surface area contributed by atoms with E-state index in [1.54, 1.807) is 6.92 Å². The number of Topliss-reactive ketones (excluding diaryl/α,β-unsaturated/α-hetero) is 1. The molecule has 0 aromatic carbocycles. The van der Waals surface area contributed by atoms with E-state index in [0.717, 1.165) is 19.6 Å². The second kappa shape index (κ2) is 5.35. The molecule has 3 heteroatoms. The maximum Gasteiger partial charge on any atom is 0.131 e. The van der Waals surface area contributed by atoms with Gasteiger partial charge in [0.25, 0.3) is 0 Å². The van der Waals surface area contributed by atoms with Crippen molar-refractivity contribution >= 4 is 5.78 Å². The first-order valence-electron chi connectivity index (χ1n) is 5.16. The highest BCUT2D eigenvalue weighted by Gasteiger charge is 2.14. The minimum atomic E-state index is 0.0376. The van der Waals surface area contributed by atoms with Gasteiger partial charge in [0.05, 0.1) is 0 Å². The molecular weight excluding hydrogens is 164 g/mol. The lowest BCUT2D eigenvalue weighted by Gasteiger charge is -2.28. The molecule has 0 saturated carbocycles. The van der Waals surface area contributed by atoms with Gasteiger partial charge in [-0.2, -0.15) is 0 Å². The molecule has 1 saturated heterocycles. The molecule has 0 aromatic heterocycles. The van der Waals surface area contributed by atoms with Crippen molar-refractivity contribution in [1.29, 1.82) is 0 Å². The normalized spacial score (nSPS) is 21.4. The van der Waals surface area contributed by atoms with Gasteiger partial charge in [0.15, 0.2) is 0 Å². The van der Waals surface area contributed by atoms with Crippen molar-refractivity contribution in [3.8, 4) is 0 Å². The van der Waals surface area contributed by atoms with Gasteiger partial charge in [-0.15, -0.1) is 0 Å². The van der Waals surface area contributed by atoms with Crippen LogP contribution in [-0.4, -0.2) is 36.4 Å². The third-order valence-electron chi connectivity index (χ3n) is 2.49. The largest absolute Gasteiger partial charge is 0.326 e. The first-order chi connectivity index (χ1) is 6.18. The average Bonchev–Trinajstić information content (AvgIpc) is 2.04. The van der Waals surface area contributed by atoms with Crippen molar-refractivity contribution in [3.63, 3.8) is 0 Å². The second-order valence-corrected chi connectivity index (χ2v) is 4.03. The van der Waals surface area contributed by atoms with E-state index in [1.165, 1.54) is 19.3 Å². The van der Waals surface area contributed by atoms with E-state index in [1.807, 2.05) is 0 Å². The van der Waals surface area contributed by atoms with Crippen LogP contribution in [0.5, 0.6) is 0 Å². The van der Waals surface area contributed by atoms with E-state index in [-0.39, 0.29) is 11.8 Å². The summed E-state index contributed by atoms with van der Waals surface area (Å²) in [6.07, 6.45) is 4.44. The van der Waals surface area contributed by atoms with Crippen molar-refractivity contribution < 1.29 is 4.79 Å². The fourth-order valence-corrected chi connectivity index (χ4v) is 1.91. The molecule has 1 heterocycles. The minimum Gasteiger partial charge on any atom is -0.326 e. The Kier molecular flexibility index (Phi) is 4.39. The summed E-state index contributed by atoms with van der Waals surface area (Å²) in [6, 6.07) is 0.0376. The number of nitrogens with zero attached hydrogens (tertiary/aromatic N) is 1. The highest BCUT2D eigenvalue weighted by atomic mass is 16.1. The fraction of sp³-hybridized carbons (Fsp3) is 0.900. The molecule has 1 atom stereocenters. The van der Waals surface area contributed by atoms with Crippen LogP contribution in [0.1, 0.15) is 32.6 Å². The summed E-state index contributed by atoms with van der Waals surface area (Å²) in [5, 5.41) is 0. The van der Waals surface area contributed by atoms with Crippen LogP contribution in [0.15, 0.2) is 0 Å². The Balaban J connectivity index is 2.18. The topological polar surface area (TPSA) is 46.3 Å². The van der Waals surface area contributed by atoms with Crippen LogP contribution >= 0.6 is 0 Å². The number of nitrogens with two attached hydrogens (primary N) is 1. The number of likely N-dealkylation sites (tertiary alicyclic amines) is 1. The van der Waals surface area contributed by atoms with Gasteiger partial charge < -0.3 is 10.6 Å². The quantitative estimate of drug-likeness (QED) is 0.702. The summed E-state index contributed by atoms with van der Waals surface area (Å²) in [6.45, 7) is 4.81. The summed E-state index contributed by atoms with van der Waals surface area (Å²) >= 11 is 0. The van der Waals surface area contributed by atoms with Gasteiger partial charge in [-0.25, -0.2) is 0 Å². The highest BCUT2D eigenvalue weighted by molar-refractivity contribution is 5.76. The van der Waals surface area contributed by atoms with Crippen molar-refractivity contribution in [1.82, 2.24) is 4.90 Å². The highest BCUT2D eigenvalue weighted by Crippen LogP contribution is 2.09. The molecule has 0 bridgehead atoms. The summed E-state index contributed by atoms with van der Waals surface area (Å²) in [5.41, 5.74) is 5.84. The first-order valence-corrected chi connectivity index (χ1v) is 5.16. The van der Waals surface area contributed by atoms with E-state index in [9.17, 15) is 4.79 Å². The fourth-order valence-electron chi connectivity index (χ4n) is 1.91. The summed E-state index contributed by atoms with van der Waals surface area (Å²) < 4.78 is 0. The zero-order chi connectivity index (χ0) is 9.68. The number of rotatable bonds is 4. The molecule has 0 aliphatic carbocycles. The van der Waals surface area contributed by atoms with Crippen molar-refractivity contribution in [2.45, 2.75) is 38.6 Å². The molecule has 0 aromatic rings. The third kappa shape index (κ3) is 4.39. The third-order valence-corrected chi connectivity index (χ3v) is 2.49. The molecule has 13 heavy (non-hydrogen) atoms. The maximum atomic E-state index is 10.8. The van der Waals surface area contributed by atoms with E-state index in [4.69, 9.17) is 5.73 Å². The Bertz CT molecular complexity index is 164. The van der Waals surface area contributed by atoms with Gasteiger partial charge in [-0.1, -0.05) is 6.42 Å². The van der Waals surface area contributed by atoms with E-state index in [0.29, 0.717) is 6.42 Å². The standard InChI is InChI=1S/C10H20N2O/c1-9(13)7-10(11)8-12-5-3-2-4-6-12/h10H,2-8,11H2,1H3. The number of hydrogen-bond acceptors (Lipinski definition) is 3. The van der Waals surface area contributed by atoms with Gasteiger partial charge in [0.2, 0.25) is 0 Å². The van der Waals surface area contributed by atoms with E-state index >= 15 is 0 Å². The molecule has 1 fully saturated rings. The number of carbonyl (C=O) groups excluding carboxylic acids is 1. The Hall–Kier alpha value is -0.410. The Morgan fingerprint density at radius 3 is 2.54 bits per heavy atom. The molecule has 1 rings (SSSR count). The Morgan fingerprint density at radius 2 is 2.00 bits per heavy atom. The molecule has 3 nitrogen and oxygen atoms in total. The monoisotopic (exact) mass is 184 g/mol. The number of carbonyl (C=O) groups is 1. The maximum absolute atomic E-state index is 10.8. The van der Waals surface area contributed by atoms with Gasteiger partial charge in [0, 0.05) is 19.0 Å². The molecule has 1 aliphatic heterocycles. The van der Waals surface area contributed by atoms with Crippen LogP contribution in [0, 0.1) is 0 Å². The Labute approximate surface area is 80.3 Å². The predicted octanol–water partition coefficient (Wildman–Crippen LogP) is 0.779. The van der Waals surface area contributed by atoms with Gasteiger partial charge in [-0.05, 0) is 32.9 Å². The van der Waals surface area contributed by atoms with Gasteiger partial charge in [0.1, 0.15) is 5.78 Å². The lowest BCUT2D eigenvalue weighted by molar-refractivity contribution is -0.117. The van der Waals surface area contributed by atoms with Crippen LogP contribution in [-0.2, 0) is 4.79 Å². The van der Waals surface area contributed by atoms with Crippen LogP contribution in [0.25, 0.3) is 0 Å². The van der Waals surface area contributed by atoms with Crippen molar-refractivity contribution in [3.05, 3.63) is 0 Å². The van der Waals surface area contributed by atoms with Crippen molar-refractivity contribution in [2.75, 3.05) is 19.6 Å².